The van der Waals surface area contributed by atoms with E-state index in [0.29, 0.717) is 0 Å². The van der Waals surface area contributed by atoms with E-state index in [1.165, 1.54) is 10.6 Å². The lowest BCUT2D eigenvalue weighted by molar-refractivity contribution is 0.588. The number of piperazine rings is 1. The first-order chi connectivity index (χ1) is 11.3. The van der Waals surface area contributed by atoms with Crippen LogP contribution in [0, 0.1) is 0 Å². The summed E-state index contributed by atoms with van der Waals surface area (Å²) in [6.07, 6.45) is 6.40. The van der Waals surface area contributed by atoms with Gasteiger partial charge in [0, 0.05) is 49.0 Å². The average molecular weight is 324 g/mol. The van der Waals surface area contributed by atoms with Crippen molar-refractivity contribution in [1.82, 2.24) is 14.7 Å². The number of nitrogens with zero attached hydrogens (tertiary/aromatic N) is 3. The van der Waals surface area contributed by atoms with Gasteiger partial charge in [0.05, 0.1) is 11.4 Å². The number of rotatable bonds is 3. The van der Waals surface area contributed by atoms with E-state index in [9.17, 15) is 0 Å². The van der Waals surface area contributed by atoms with E-state index < -0.39 is 0 Å². The minimum absolute atomic E-state index is 0.993. The number of nitrogens with one attached hydrogen (secondary N) is 1. The summed E-state index contributed by atoms with van der Waals surface area (Å²) < 4.78 is 2.13. The number of aromatic nitrogens is 2. The molecule has 118 valence electrons. The smallest absolute Gasteiger partial charge is 0.137 e. The maximum atomic E-state index is 4.75. The lowest BCUT2D eigenvalue weighted by atomic mass is 10.2. The van der Waals surface area contributed by atoms with Crippen LogP contribution in [0.15, 0.2) is 53.7 Å². The van der Waals surface area contributed by atoms with Crippen molar-refractivity contribution in [1.29, 1.82) is 0 Å². The molecule has 4 rings (SSSR count). The molecule has 0 saturated carbocycles. The number of hydrogen-bond donors (Lipinski definition) is 1. The minimum Gasteiger partial charge on any atom is -0.368 e. The molecule has 1 aliphatic heterocycles. The van der Waals surface area contributed by atoms with E-state index in [2.05, 4.69) is 69.7 Å². The fourth-order valence-corrected chi connectivity index (χ4v) is 3.40. The van der Waals surface area contributed by atoms with Gasteiger partial charge in [-0.3, -0.25) is 0 Å². The molecule has 1 aromatic carbocycles. The average Bonchev–Trinajstić information content (AvgIpc) is 3.06. The highest BCUT2D eigenvalue weighted by Gasteiger charge is 2.12. The summed E-state index contributed by atoms with van der Waals surface area (Å²) in [7, 11) is 0. The fourth-order valence-electron chi connectivity index (χ4n) is 2.99. The van der Waals surface area contributed by atoms with Gasteiger partial charge in [-0.25, -0.2) is 4.98 Å². The van der Waals surface area contributed by atoms with Crippen LogP contribution in [0.3, 0.4) is 0 Å². The van der Waals surface area contributed by atoms with Crippen molar-refractivity contribution in [3.8, 4) is 11.3 Å². The molecule has 1 aliphatic rings. The van der Waals surface area contributed by atoms with Crippen molar-refractivity contribution in [2.24, 2.45) is 0 Å². The van der Waals surface area contributed by atoms with E-state index >= 15 is 0 Å². The number of pyridine rings is 1. The highest BCUT2D eigenvalue weighted by molar-refractivity contribution is 7.98. The Morgan fingerprint density at radius 1 is 1.00 bits per heavy atom. The van der Waals surface area contributed by atoms with Crippen molar-refractivity contribution >= 4 is 23.1 Å². The second-order valence-electron chi connectivity index (χ2n) is 5.74. The van der Waals surface area contributed by atoms with Crippen LogP contribution in [0.5, 0.6) is 0 Å². The molecule has 0 radical (unpaired) electrons. The molecule has 1 saturated heterocycles. The van der Waals surface area contributed by atoms with Gasteiger partial charge in [-0.05, 0) is 30.5 Å². The normalized spacial score (nSPS) is 15.3. The Morgan fingerprint density at radius 2 is 1.78 bits per heavy atom. The number of benzene rings is 1. The summed E-state index contributed by atoms with van der Waals surface area (Å²) in [4.78, 5) is 8.45. The monoisotopic (exact) mass is 324 g/mol. The van der Waals surface area contributed by atoms with Crippen molar-refractivity contribution in [3.63, 3.8) is 0 Å². The largest absolute Gasteiger partial charge is 0.368 e. The van der Waals surface area contributed by atoms with Gasteiger partial charge in [-0.1, -0.05) is 12.1 Å². The number of anilines is 1. The first kappa shape index (κ1) is 14.6. The number of fused-ring (bicyclic) bond motifs is 1. The molecule has 23 heavy (non-hydrogen) atoms. The van der Waals surface area contributed by atoms with Crippen LogP contribution in [0.2, 0.25) is 0 Å². The summed E-state index contributed by atoms with van der Waals surface area (Å²) in [5.41, 5.74) is 4.44. The van der Waals surface area contributed by atoms with E-state index in [0.717, 1.165) is 43.1 Å². The first-order valence-electron chi connectivity index (χ1n) is 7.92. The van der Waals surface area contributed by atoms with Gasteiger partial charge in [0.2, 0.25) is 0 Å². The molecule has 0 spiro atoms. The third-order valence-corrected chi connectivity index (χ3v) is 5.05. The summed E-state index contributed by atoms with van der Waals surface area (Å²) in [6, 6.07) is 12.9. The quantitative estimate of drug-likeness (QED) is 0.750. The Kier molecular flexibility index (Phi) is 3.97. The molecule has 4 nitrogen and oxygen atoms in total. The third kappa shape index (κ3) is 2.94. The summed E-state index contributed by atoms with van der Waals surface area (Å²) in [5.74, 6) is 0. The van der Waals surface area contributed by atoms with E-state index in [-0.39, 0.29) is 0 Å². The molecule has 2 aromatic heterocycles. The SMILES string of the molecule is CSc1ccc(-c2cn3cc(N4CCNCC4)ccc3n2)cc1. The second-order valence-corrected chi connectivity index (χ2v) is 6.62. The maximum Gasteiger partial charge on any atom is 0.137 e. The molecule has 0 bridgehead atoms. The van der Waals surface area contributed by atoms with E-state index in [1.807, 2.05) is 0 Å². The predicted octanol–water partition coefficient (Wildman–Crippen LogP) is 3.13. The van der Waals surface area contributed by atoms with Crippen LogP contribution in [-0.2, 0) is 0 Å². The van der Waals surface area contributed by atoms with Gasteiger partial charge in [0.15, 0.2) is 0 Å². The number of hydrogen-bond acceptors (Lipinski definition) is 4. The molecule has 0 aliphatic carbocycles. The maximum absolute atomic E-state index is 4.75. The molecular formula is C18H20N4S. The summed E-state index contributed by atoms with van der Waals surface area (Å²) in [6.45, 7) is 4.22. The van der Waals surface area contributed by atoms with Crippen LogP contribution >= 0.6 is 11.8 Å². The van der Waals surface area contributed by atoms with Crippen molar-refractivity contribution in [2.75, 3.05) is 37.3 Å². The first-order valence-corrected chi connectivity index (χ1v) is 9.15. The van der Waals surface area contributed by atoms with E-state index in [1.54, 1.807) is 11.8 Å². The minimum atomic E-state index is 0.993. The van der Waals surface area contributed by atoms with Crippen LogP contribution in [0.25, 0.3) is 16.9 Å². The molecule has 3 heterocycles. The number of thioether (sulfide) groups is 1. The molecule has 3 aromatic rings. The van der Waals surface area contributed by atoms with Crippen LogP contribution in [0.1, 0.15) is 0 Å². The van der Waals surface area contributed by atoms with Gasteiger partial charge in [-0.15, -0.1) is 11.8 Å². The molecule has 1 N–H and O–H groups in total. The predicted molar refractivity (Wildman–Crippen MR) is 97.5 cm³/mol. The second kappa shape index (κ2) is 6.26. The lowest BCUT2D eigenvalue weighted by Crippen LogP contribution is -2.43. The molecule has 0 amide bonds. The Labute approximate surface area is 140 Å². The van der Waals surface area contributed by atoms with Crippen molar-refractivity contribution < 1.29 is 0 Å². The molecule has 5 heteroatoms. The zero-order chi connectivity index (χ0) is 15.6. The Bertz CT molecular complexity index is 804. The van der Waals surface area contributed by atoms with Crippen molar-refractivity contribution in [3.05, 3.63) is 48.8 Å². The Balaban J connectivity index is 1.66. The Hall–Kier alpha value is -1.98. The van der Waals surface area contributed by atoms with Gasteiger partial charge >= 0.3 is 0 Å². The fraction of sp³-hybridized carbons (Fsp3) is 0.278. The van der Waals surface area contributed by atoms with Crippen LogP contribution < -0.4 is 10.2 Å². The molecular weight excluding hydrogens is 304 g/mol. The zero-order valence-corrected chi connectivity index (χ0v) is 14.0. The Morgan fingerprint density at radius 3 is 2.52 bits per heavy atom. The van der Waals surface area contributed by atoms with Gasteiger partial charge in [0.1, 0.15) is 5.65 Å². The standard InChI is InChI=1S/C18H20N4S/c1-23-16-5-2-14(3-6-16)17-13-22-12-15(4-7-18(22)20-17)21-10-8-19-9-11-21/h2-7,12-13,19H,8-11H2,1H3. The topological polar surface area (TPSA) is 32.6 Å². The molecule has 0 unspecified atom stereocenters. The van der Waals surface area contributed by atoms with Gasteiger partial charge in [-0.2, -0.15) is 0 Å². The zero-order valence-electron chi connectivity index (χ0n) is 13.2. The summed E-state index contributed by atoms with van der Waals surface area (Å²) in [5, 5.41) is 3.39. The van der Waals surface area contributed by atoms with Crippen LogP contribution in [-0.4, -0.2) is 41.8 Å². The summed E-state index contributed by atoms with van der Waals surface area (Å²) >= 11 is 1.76. The third-order valence-electron chi connectivity index (χ3n) is 4.30. The highest BCUT2D eigenvalue weighted by atomic mass is 32.2. The van der Waals surface area contributed by atoms with Gasteiger partial charge in [0.25, 0.3) is 0 Å². The van der Waals surface area contributed by atoms with Crippen molar-refractivity contribution in [2.45, 2.75) is 4.90 Å². The molecule has 1 fully saturated rings. The van der Waals surface area contributed by atoms with E-state index in [4.69, 9.17) is 4.98 Å². The highest BCUT2D eigenvalue weighted by Crippen LogP contribution is 2.24. The molecule has 0 atom stereocenters. The van der Waals surface area contributed by atoms with Crippen LogP contribution in [0.4, 0.5) is 5.69 Å². The lowest BCUT2D eigenvalue weighted by Gasteiger charge is -2.29. The van der Waals surface area contributed by atoms with Gasteiger partial charge < -0.3 is 14.6 Å². The number of imidazole rings is 1.